The van der Waals surface area contributed by atoms with E-state index in [-0.39, 0.29) is 5.78 Å². The SMILES string of the molecule is CCCC(=O)/C=C/C(F)F. The van der Waals surface area contributed by atoms with E-state index in [1.807, 2.05) is 6.92 Å². The van der Waals surface area contributed by atoms with Crippen LogP contribution in [-0.2, 0) is 4.79 Å². The number of alkyl halides is 2. The molecule has 0 fully saturated rings. The first-order valence-corrected chi connectivity index (χ1v) is 3.16. The van der Waals surface area contributed by atoms with Gasteiger partial charge >= 0.3 is 0 Å². The van der Waals surface area contributed by atoms with E-state index in [1.54, 1.807) is 0 Å². The molecule has 0 spiro atoms. The Morgan fingerprint density at radius 3 is 2.60 bits per heavy atom. The second-order valence-corrected chi connectivity index (χ2v) is 1.91. The lowest BCUT2D eigenvalue weighted by molar-refractivity contribution is -0.114. The van der Waals surface area contributed by atoms with Gasteiger partial charge in [-0.05, 0) is 18.6 Å². The van der Waals surface area contributed by atoms with Crippen LogP contribution in [-0.4, -0.2) is 12.2 Å². The summed E-state index contributed by atoms with van der Waals surface area (Å²) in [5, 5.41) is 0. The maximum absolute atomic E-state index is 11.4. The van der Waals surface area contributed by atoms with Crippen molar-refractivity contribution in [3.8, 4) is 0 Å². The number of hydrogen-bond donors (Lipinski definition) is 0. The molecule has 0 radical (unpaired) electrons. The van der Waals surface area contributed by atoms with Crippen molar-refractivity contribution in [1.29, 1.82) is 0 Å². The van der Waals surface area contributed by atoms with Crippen LogP contribution in [0.1, 0.15) is 19.8 Å². The highest BCUT2D eigenvalue weighted by atomic mass is 19.3. The Morgan fingerprint density at radius 2 is 2.20 bits per heavy atom. The fourth-order valence-electron chi connectivity index (χ4n) is 0.510. The minimum absolute atomic E-state index is 0.234. The van der Waals surface area contributed by atoms with Crippen molar-refractivity contribution in [3.05, 3.63) is 12.2 Å². The largest absolute Gasteiger partial charge is 0.295 e. The number of halogens is 2. The van der Waals surface area contributed by atoms with Gasteiger partial charge in [0.15, 0.2) is 5.78 Å². The van der Waals surface area contributed by atoms with Gasteiger partial charge in [-0.25, -0.2) is 8.78 Å². The molecule has 0 aliphatic carbocycles. The standard InChI is InChI=1S/C7H10F2O/c1-2-3-6(10)4-5-7(8)9/h4-5,7H,2-3H2,1H3/b5-4+. The second kappa shape index (κ2) is 5.09. The third kappa shape index (κ3) is 5.41. The van der Waals surface area contributed by atoms with E-state index in [1.165, 1.54) is 0 Å². The molecule has 0 atom stereocenters. The summed E-state index contributed by atoms with van der Waals surface area (Å²) in [6.45, 7) is 1.83. The average molecular weight is 148 g/mol. The molecule has 0 unspecified atom stereocenters. The van der Waals surface area contributed by atoms with Gasteiger partial charge in [-0.1, -0.05) is 6.92 Å². The molecule has 0 aliphatic rings. The van der Waals surface area contributed by atoms with Gasteiger partial charge in [0.2, 0.25) is 0 Å². The zero-order chi connectivity index (χ0) is 7.98. The highest BCUT2D eigenvalue weighted by Crippen LogP contribution is 1.96. The van der Waals surface area contributed by atoms with Crippen molar-refractivity contribution in [3.63, 3.8) is 0 Å². The quantitative estimate of drug-likeness (QED) is 0.558. The van der Waals surface area contributed by atoms with E-state index in [0.29, 0.717) is 18.9 Å². The zero-order valence-electron chi connectivity index (χ0n) is 5.81. The van der Waals surface area contributed by atoms with Crippen LogP contribution in [0.3, 0.4) is 0 Å². The molecule has 0 N–H and O–H groups in total. The predicted molar refractivity (Wildman–Crippen MR) is 35.1 cm³/mol. The fraction of sp³-hybridized carbons (Fsp3) is 0.571. The van der Waals surface area contributed by atoms with E-state index < -0.39 is 6.43 Å². The second-order valence-electron chi connectivity index (χ2n) is 1.91. The fourth-order valence-corrected chi connectivity index (χ4v) is 0.510. The van der Waals surface area contributed by atoms with Gasteiger partial charge in [-0.2, -0.15) is 0 Å². The summed E-state index contributed by atoms with van der Waals surface area (Å²) in [4.78, 5) is 10.5. The Bertz CT molecular complexity index is 130. The van der Waals surface area contributed by atoms with Gasteiger partial charge in [-0.3, -0.25) is 4.79 Å². The van der Waals surface area contributed by atoms with Crippen LogP contribution in [0.5, 0.6) is 0 Å². The molecule has 0 saturated heterocycles. The molecular formula is C7H10F2O. The van der Waals surface area contributed by atoms with Gasteiger partial charge in [0.1, 0.15) is 0 Å². The summed E-state index contributed by atoms with van der Waals surface area (Å²) in [7, 11) is 0. The highest BCUT2D eigenvalue weighted by Gasteiger charge is 1.96. The number of carbonyl (C=O) groups excluding carboxylic acids is 1. The van der Waals surface area contributed by atoms with Crippen molar-refractivity contribution in [2.75, 3.05) is 0 Å². The van der Waals surface area contributed by atoms with Crippen LogP contribution >= 0.6 is 0 Å². The normalized spacial score (nSPS) is 11.2. The highest BCUT2D eigenvalue weighted by molar-refractivity contribution is 5.89. The third-order valence-electron chi connectivity index (χ3n) is 0.924. The molecule has 0 aromatic heterocycles. The molecule has 0 saturated carbocycles. The molecule has 3 heteroatoms. The first-order valence-electron chi connectivity index (χ1n) is 3.16. The third-order valence-corrected chi connectivity index (χ3v) is 0.924. The average Bonchev–Trinajstić information content (AvgIpc) is 1.85. The van der Waals surface area contributed by atoms with Crippen LogP contribution in [0.15, 0.2) is 12.2 Å². The van der Waals surface area contributed by atoms with Crippen molar-refractivity contribution in [2.45, 2.75) is 26.2 Å². The monoisotopic (exact) mass is 148 g/mol. The molecule has 58 valence electrons. The van der Waals surface area contributed by atoms with E-state index >= 15 is 0 Å². The Morgan fingerprint density at radius 1 is 1.60 bits per heavy atom. The minimum Gasteiger partial charge on any atom is -0.295 e. The molecule has 0 amide bonds. The molecule has 0 aromatic carbocycles. The summed E-state index contributed by atoms with van der Waals surface area (Å²) >= 11 is 0. The maximum Gasteiger partial charge on any atom is 0.257 e. The lowest BCUT2D eigenvalue weighted by Crippen LogP contribution is -1.92. The van der Waals surface area contributed by atoms with Crippen molar-refractivity contribution in [2.24, 2.45) is 0 Å². The summed E-state index contributed by atoms with van der Waals surface area (Å²) in [6, 6.07) is 0. The number of ketones is 1. The number of allylic oxidation sites excluding steroid dienone is 2. The Balaban J connectivity index is 3.56. The zero-order valence-corrected chi connectivity index (χ0v) is 5.81. The number of hydrogen-bond acceptors (Lipinski definition) is 1. The summed E-state index contributed by atoms with van der Waals surface area (Å²) < 4.78 is 22.8. The van der Waals surface area contributed by atoms with E-state index in [2.05, 4.69) is 0 Å². The van der Waals surface area contributed by atoms with Gasteiger partial charge < -0.3 is 0 Å². The van der Waals surface area contributed by atoms with Gasteiger partial charge in [0, 0.05) is 6.42 Å². The Hall–Kier alpha value is -0.730. The molecule has 0 rings (SSSR count). The van der Waals surface area contributed by atoms with Crippen molar-refractivity contribution >= 4 is 5.78 Å². The molecule has 0 heterocycles. The molecular weight excluding hydrogens is 138 g/mol. The van der Waals surface area contributed by atoms with Crippen LogP contribution < -0.4 is 0 Å². The number of carbonyl (C=O) groups is 1. The first-order chi connectivity index (χ1) is 4.66. The number of rotatable bonds is 4. The van der Waals surface area contributed by atoms with Crippen LogP contribution in [0, 0.1) is 0 Å². The lowest BCUT2D eigenvalue weighted by atomic mass is 10.2. The molecule has 10 heavy (non-hydrogen) atoms. The Labute approximate surface area is 58.7 Å². The molecule has 0 aromatic rings. The molecule has 0 aliphatic heterocycles. The van der Waals surface area contributed by atoms with Gasteiger partial charge in [0.25, 0.3) is 6.43 Å². The van der Waals surface area contributed by atoms with E-state index in [9.17, 15) is 13.6 Å². The molecule has 0 bridgehead atoms. The topological polar surface area (TPSA) is 17.1 Å². The molecule has 1 nitrogen and oxygen atoms in total. The lowest BCUT2D eigenvalue weighted by Gasteiger charge is -1.88. The van der Waals surface area contributed by atoms with Crippen LogP contribution in [0.25, 0.3) is 0 Å². The summed E-state index contributed by atoms with van der Waals surface area (Å²) in [5.74, 6) is -0.234. The van der Waals surface area contributed by atoms with Crippen LogP contribution in [0.2, 0.25) is 0 Å². The van der Waals surface area contributed by atoms with E-state index in [0.717, 1.165) is 6.08 Å². The van der Waals surface area contributed by atoms with Crippen LogP contribution in [0.4, 0.5) is 8.78 Å². The smallest absolute Gasteiger partial charge is 0.257 e. The minimum atomic E-state index is -2.51. The maximum atomic E-state index is 11.4. The van der Waals surface area contributed by atoms with Gasteiger partial charge in [-0.15, -0.1) is 0 Å². The van der Waals surface area contributed by atoms with Crippen molar-refractivity contribution in [1.82, 2.24) is 0 Å². The first kappa shape index (κ1) is 9.27. The summed E-state index contributed by atoms with van der Waals surface area (Å²) in [5.41, 5.74) is 0. The Kier molecular flexibility index (Phi) is 4.72. The predicted octanol–water partition coefficient (Wildman–Crippen LogP) is 2.18. The summed E-state index contributed by atoms with van der Waals surface area (Å²) in [6.07, 6.45) is 0.0859. The van der Waals surface area contributed by atoms with Crippen molar-refractivity contribution < 1.29 is 13.6 Å². The van der Waals surface area contributed by atoms with E-state index in [4.69, 9.17) is 0 Å². The van der Waals surface area contributed by atoms with Gasteiger partial charge in [0.05, 0.1) is 0 Å².